The van der Waals surface area contributed by atoms with E-state index in [-0.39, 0.29) is 57.0 Å². The average Bonchev–Trinajstić information content (AvgIpc) is 3.19. The molecule has 4 aliphatic rings. The first-order valence-electron chi connectivity index (χ1n) is 19.4. The molecule has 0 aromatic heterocycles. The summed E-state index contributed by atoms with van der Waals surface area (Å²) in [4.78, 5) is 32.5. The van der Waals surface area contributed by atoms with E-state index in [4.69, 9.17) is 29.4 Å². The van der Waals surface area contributed by atoms with Crippen molar-refractivity contribution < 1.29 is 74.1 Å². The largest absolute Gasteiger partial charge is 0.481 e. The fourth-order valence-electron chi connectivity index (χ4n) is 7.64. The molecule has 0 aromatic rings. The summed E-state index contributed by atoms with van der Waals surface area (Å²) in [6.45, 7) is 2.94. The maximum Gasteiger partial charge on any atom is 0.338 e. The number of guanidine groups is 1. The van der Waals surface area contributed by atoms with Crippen molar-refractivity contribution in [2.24, 2.45) is 34.4 Å². The van der Waals surface area contributed by atoms with Gasteiger partial charge in [-0.1, -0.05) is 24.6 Å². The Morgan fingerprint density at radius 1 is 1.12 bits per heavy atom. The predicted octanol–water partition coefficient (Wildman–Crippen LogP) is -2.94. The smallest absolute Gasteiger partial charge is 0.338 e. The third-order valence-corrected chi connectivity index (χ3v) is 10.8. The maximum atomic E-state index is 13.9. The summed E-state index contributed by atoms with van der Waals surface area (Å²) in [6, 6.07) is -0.800. The molecule has 0 bridgehead atoms. The Morgan fingerprint density at radius 3 is 2.47 bits per heavy atom. The monoisotopic (exact) mass is 815 g/mol. The van der Waals surface area contributed by atoms with E-state index < -0.39 is 97.8 Å². The minimum Gasteiger partial charge on any atom is -0.481 e. The summed E-state index contributed by atoms with van der Waals surface area (Å²) >= 11 is 0. The molecule has 1 saturated carbocycles. The number of aliphatic imine (C=N–C) groups is 1. The van der Waals surface area contributed by atoms with Crippen molar-refractivity contribution in [1.82, 2.24) is 15.5 Å². The molecule has 0 radical (unpaired) electrons. The quantitative estimate of drug-likeness (QED) is 0.0155. The number of ether oxygens (including phenoxy) is 5. The number of nitrogens with zero attached hydrogens (tertiary/aromatic N) is 2. The number of nitrogens with two attached hydrogens (primary N) is 1. The molecule has 2 saturated heterocycles. The molecule has 0 amide bonds. The van der Waals surface area contributed by atoms with Crippen molar-refractivity contribution in [3.8, 4) is 0 Å². The fourth-order valence-corrected chi connectivity index (χ4v) is 7.64. The summed E-state index contributed by atoms with van der Waals surface area (Å²) in [7, 11) is 1.43. The highest BCUT2D eigenvalue weighted by Crippen LogP contribution is 2.39. The number of β-amino-alcohol motifs (C(OH)–C–C–N with tert-alkyl or cyclic N) is 1. The average molecular weight is 816 g/mol. The van der Waals surface area contributed by atoms with Gasteiger partial charge in [-0.3, -0.25) is 20.0 Å². The van der Waals surface area contributed by atoms with E-state index in [1.807, 2.05) is 0 Å². The Hall–Kier alpha value is -3.25. The number of nitrogens with one attached hydrogen (secondary N) is 2. The first kappa shape index (κ1) is 46.4. The molecule has 11 atom stereocenters. The second-order valence-electron chi connectivity index (χ2n) is 14.7. The van der Waals surface area contributed by atoms with E-state index in [0.29, 0.717) is 19.3 Å². The number of aliphatic carboxylic acids is 1. The molecule has 57 heavy (non-hydrogen) atoms. The molecule has 12 N–H and O–H groups in total. The zero-order chi connectivity index (χ0) is 41.7. The summed E-state index contributed by atoms with van der Waals surface area (Å²) in [5.41, 5.74) is 6.26. The van der Waals surface area contributed by atoms with Crippen molar-refractivity contribution in [2.45, 2.75) is 93.6 Å². The Morgan fingerprint density at radius 2 is 1.86 bits per heavy atom. The molecule has 3 aliphatic heterocycles. The number of aliphatic hydroxyl groups is 7. The van der Waals surface area contributed by atoms with Crippen LogP contribution in [0.5, 0.6) is 0 Å². The summed E-state index contributed by atoms with van der Waals surface area (Å²) in [5, 5.41) is 87.4. The molecule has 20 nitrogen and oxygen atoms in total. The van der Waals surface area contributed by atoms with Crippen LogP contribution in [0.15, 0.2) is 41.6 Å². The van der Waals surface area contributed by atoms with Gasteiger partial charge in [-0.2, -0.15) is 0 Å². The van der Waals surface area contributed by atoms with Gasteiger partial charge in [0.05, 0.1) is 49.5 Å². The van der Waals surface area contributed by atoms with Crippen molar-refractivity contribution in [3.63, 3.8) is 0 Å². The van der Waals surface area contributed by atoms with Gasteiger partial charge >= 0.3 is 11.9 Å². The van der Waals surface area contributed by atoms with Gasteiger partial charge in [-0.25, -0.2) is 4.79 Å². The minimum absolute atomic E-state index is 0.0186. The van der Waals surface area contributed by atoms with Crippen molar-refractivity contribution >= 4 is 17.9 Å². The molecular formula is C37H61N5O15. The number of carbonyl (C=O) groups is 2. The number of hydrogen-bond acceptors (Lipinski definition) is 17. The normalized spacial score (nSPS) is 33.3. The molecule has 4 rings (SSSR count). The lowest BCUT2D eigenvalue weighted by Crippen LogP contribution is -2.69. The van der Waals surface area contributed by atoms with Crippen LogP contribution in [0, 0.1) is 23.7 Å². The molecule has 1 aliphatic carbocycles. The van der Waals surface area contributed by atoms with Gasteiger partial charge in [0, 0.05) is 44.6 Å². The highest BCUT2D eigenvalue weighted by Gasteiger charge is 2.58. The third-order valence-electron chi connectivity index (χ3n) is 10.8. The molecule has 324 valence electrons. The summed E-state index contributed by atoms with van der Waals surface area (Å²) in [6.07, 6.45) is 0.472. The number of allylic oxidation sites excluding steroid dienone is 1. The number of rotatable bonds is 19. The second-order valence-corrected chi connectivity index (χ2v) is 14.7. The number of piperidine rings is 1. The number of likely N-dealkylation sites (N-methyl/N-ethyl adjacent to an activating group) is 1. The molecule has 0 aromatic carbocycles. The second kappa shape index (κ2) is 22.2. The van der Waals surface area contributed by atoms with Gasteiger partial charge in [0.2, 0.25) is 12.1 Å². The van der Waals surface area contributed by atoms with Crippen molar-refractivity contribution in [2.75, 3.05) is 59.7 Å². The zero-order valence-corrected chi connectivity index (χ0v) is 32.3. The van der Waals surface area contributed by atoms with Crippen LogP contribution in [0.25, 0.3) is 0 Å². The zero-order valence-electron chi connectivity index (χ0n) is 32.3. The van der Waals surface area contributed by atoms with Crippen LogP contribution < -0.4 is 16.4 Å². The van der Waals surface area contributed by atoms with Gasteiger partial charge in [0.15, 0.2) is 18.4 Å². The Balaban J connectivity index is 1.73. The van der Waals surface area contributed by atoms with E-state index in [9.17, 15) is 50.4 Å². The Bertz CT molecular complexity index is 1390. The van der Waals surface area contributed by atoms with E-state index in [2.05, 4.69) is 22.2 Å². The van der Waals surface area contributed by atoms with Crippen molar-refractivity contribution in [3.05, 3.63) is 36.6 Å². The van der Waals surface area contributed by atoms with Crippen LogP contribution in [-0.2, 0) is 33.3 Å². The SMILES string of the molecule is C=CC1C(OC2OC(CO)C(O)C(O)(O)C2OC(CO)NC)OC=C(C(=O)OC2CCCCC2)C1C=CC1CN(CCO)CC(C(=O)O)C1NC(N)=NCCCO. The van der Waals surface area contributed by atoms with Crippen LogP contribution in [0.3, 0.4) is 0 Å². The maximum absolute atomic E-state index is 13.9. The van der Waals surface area contributed by atoms with Crippen LogP contribution in [0.1, 0.15) is 38.5 Å². The number of hydrogen-bond donors (Lipinski definition) is 11. The van der Waals surface area contributed by atoms with Crippen LogP contribution >= 0.6 is 0 Å². The number of aliphatic hydroxyl groups excluding tert-OH is 5. The highest BCUT2D eigenvalue weighted by molar-refractivity contribution is 5.89. The Kier molecular flexibility index (Phi) is 18.1. The first-order valence-corrected chi connectivity index (χ1v) is 19.4. The molecule has 0 spiro atoms. The van der Waals surface area contributed by atoms with Gasteiger partial charge < -0.3 is 75.6 Å². The highest BCUT2D eigenvalue weighted by atomic mass is 16.8. The van der Waals surface area contributed by atoms with E-state index in [1.54, 1.807) is 17.1 Å². The van der Waals surface area contributed by atoms with E-state index >= 15 is 0 Å². The topological polar surface area (TPSA) is 308 Å². The molecule has 3 heterocycles. The van der Waals surface area contributed by atoms with Gasteiger partial charge in [0.25, 0.3) is 0 Å². The molecule has 11 unspecified atom stereocenters. The van der Waals surface area contributed by atoms with E-state index in [0.717, 1.165) is 25.5 Å². The molecule has 3 fully saturated rings. The number of carboxylic acids is 1. The predicted molar refractivity (Wildman–Crippen MR) is 200 cm³/mol. The van der Waals surface area contributed by atoms with Crippen LogP contribution in [0.4, 0.5) is 0 Å². The number of likely N-dealkylation sites (tertiary alicyclic amines) is 1. The summed E-state index contributed by atoms with van der Waals surface area (Å²) < 4.78 is 29.5. The van der Waals surface area contributed by atoms with Gasteiger partial charge in [-0.15, -0.1) is 6.58 Å². The number of esters is 1. The van der Waals surface area contributed by atoms with Crippen LogP contribution in [0.2, 0.25) is 0 Å². The minimum atomic E-state index is -3.06. The van der Waals surface area contributed by atoms with Crippen molar-refractivity contribution in [1.29, 1.82) is 0 Å². The number of carbonyl (C=O) groups excluding carboxylic acids is 1. The third kappa shape index (κ3) is 11.9. The van der Waals surface area contributed by atoms with E-state index in [1.165, 1.54) is 13.1 Å². The lowest BCUT2D eigenvalue weighted by molar-refractivity contribution is -0.416. The molecule has 20 heteroatoms. The van der Waals surface area contributed by atoms with Crippen LogP contribution in [-0.4, -0.2) is 178 Å². The first-order chi connectivity index (χ1) is 27.3. The standard InChI is InChI=1S/C37H61N5O15/c1-3-23-24(11-10-21-16-42(13-15-44)17-25(32(48)49)29(21)41-36(38)40-12-7-14-43)26(33(50)54-22-8-5-4-6-9-22)20-53-34(23)57-35-31(56-28(19-46)39-2)37(51,52)30(47)27(18-45)55-35/h3,10-11,20-25,27-31,34-35,39,43-47,51-52H,1,4-9,12-19H2,2H3,(H,48,49)(H3,38,40,41). The number of carboxylic acid groups (broad SMARTS) is 1. The fraction of sp³-hybridized carbons (Fsp3) is 0.757. The lowest BCUT2D eigenvalue weighted by atomic mass is 9.79. The summed E-state index contributed by atoms with van der Waals surface area (Å²) in [5.74, 6) is -8.28. The molecular weight excluding hydrogens is 754 g/mol. The Labute approximate surface area is 331 Å². The van der Waals surface area contributed by atoms with Gasteiger partial charge in [0.1, 0.15) is 24.5 Å². The van der Waals surface area contributed by atoms with Gasteiger partial charge in [-0.05, 0) is 39.2 Å². The lowest BCUT2D eigenvalue weighted by Gasteiger charge is -2.48.